The number of hydrogen-bond acceptors (Lipinski definition) is 1. The van der Waals surface area contributed by atoms with E-state index in [0.717, 1.165) is 14.9 Å². The fourth-order valence-corrected chi connectivity index (χ4v) is 2.09. The lowest BCUT2D eigenvalue weighted by Gasteiger charge is -2.08. The molecule has 0 aromatic heterocycles. The molecule has 1 nitrogen and oxygen atoms in total. The molecule has 0 saturated heterocycles. The van der Waals surface area contributed by atoms with Gasteiger partial charge in [-0.1, -0.05) is 12.1 Å². The molecule has 2 rings (SSSR count). The van der Waals surface area contributed by atoms with Crippen molar-refractivity contribution < 1.29 is 9.13 Å². The standard InChI is InChI=1S/C13H9BrFIO/c14-13-9(2-1-3-12(13)15)8-17-11-6-4-10(16)5-7-11/h1-7H,8H2. The second kappa shape index (κ2) is 5.82. The summed E-state index contributed by atoms with van der Waals surface area (Å²) in [7, 11) is 0. The van der Waals surface area contributed by atoms with Crippen molar-refractivity contribution in [2.75, 3.05) is 0 Å². The molecule has 88 valence electrons. The molecule has 17 heavy (non-hydrogen) atoms. The zero-order valence-electron chi connectivity index (χ0n) is 8.79. The van der Waals surface area contributed by atoms with Crippen molar-refractivity contribution in [1.82, 2.24) is 0 Å². The Kier molecular flexibility index (Phi) is 4.39. The van der Waals surface area contributed by atoms with Gasteiger partial charge < -0.3 is 4.74 Å². The molecule has 0 spiro atoms. The number of benzene rings is 2. The van der Waals surface area contributed by atoms with E-state index < -0.39 is 0 Å². The minimum Gasteiger partial charge on any atom is -0.489 e. The third-order valence-electron chi connectivity index (χ3n) is 2.24. The van der Waals surface area contributed by atoms with E-state index in [9.17, 15) is 4.39 Å². The van der Waals surface area contributed by atoms with E-state index in [0.29, 0.717) is 11.1 Å². The summed E-state index contributed by atoms with van der Waals surface area (Å²) in [6, 6.07) is 12.7. The molecular formula is C13H9BrFIO. The molecule has 2 aromatic rings. The van der Waals surface area contributed by atoms with Gasteiger partial charge in [0.15, 0.2) is 0 Å². The Bertz CT molecular complexity index is 513. The van der Waals surface area contributed by atoms with E-state index in [2.05, 4.69) is 38.5 Å². The lowest BCUT2D eigenvalue weighted by atomic mass is 10.2. The van der Waals surface area contributed by atoms with E-state index in [1.165, 1.54) is 6.07 Å². The van der Waals surface area contributed by atoms with Crippen molar-refractivity contribution in [2.24, 2.45) is 0 Å². The van der Waals surface area contributed by atoms with Crippen molar-refractivity contribution in [2.45, 2.75) is 6.61 Å². The number of halogens is 3. The van der Waals surface area contributed by atoms with Crippen LogP contribution in [0.1, 0.15) is 5.56 Å². The summed E-state index contributed by atoms with van der Waals surface area (Å²) < 4.78 is 20.5. The molecule has 0 radical (unpaired) electrons. The quantitative estimate of drug-likeness (QED) is 0.667. The maximum atomic E-state index is 13.3. The summed E-state index contributed by atoms with van der Waals surface area (Å²) in [5.74, 6) is 0.510. The van der Waals surface area contributed by atoms with Crippen LogP contribution in [-0.4, -0.2) is 0 Å². The summed E-state index contributed by atoms with van der Waals surface area (Å²) in [5.41, 5.74) is 0.795. The predicted octanol–water partition coefficient (Wildman–Crippen LogP) is 4.77. The van der Waals surface area contributed by atoms with Gasteiger partial charge in [0.05, 0.1) is 4.47 Å². The molecule has 0 aliphatic heterocycles. The zero-order chi connectivity index (χ0) is 12.3. The Labute approximate surface area is 121 Å². The van der Waals surface area contributed by atoms with Crippen LogP contribution in [0.15, 0.2) is 46.9 Å². The highest BCUT2D eigenvalue weighted by molar-refractivity contribution is 14.1. The minimum absolute atomic E-state index is 0.270. The fraction of sp³-hybridized carbons (Fsp3) is 0.0769. The summed E-state index contributed by atoms with van der Waals surface area (Å²) in [6.07, 6.45) is 0. The van der Waals surface area contributed by atoms with Crippen LogP contribution in [0.25, 0.3) is 0 Å². The first-order valence-corrected chi connectivity index (χ1v) is 6.85. The molecule has 0 aliphatic carbocycles. The SMILES string of the molecule is Fc1cccc(COc2ccc(I)cc2)c1Br. The van der Waals surface area contributed by atoms with Crippen molar-refractivity contribution in [3.8, 4) is 5.75 Å². The monoisotopic (exact) mass is 406 g/mol. The van der Waals surface area contributed by atoms with Crippen LogP contribution < -0.4 is 4.74 Å². The van der Waals surface area contributed by atoms with Gasteiger partial charge in [0.2, 0.25) is 0 Å². The highest BCUT2D eigenvalue weighted by Gasteiger charge is 2.05. The highest BCUT2D eigenvalue weighted by atomic mass is 127. The van der Waals surface area contributed by atoms with E-state index in [4.69, 9.17) is 4.74 Å². The Balaban J connectivity index is 2.07. The number of ether oxygens (including phenoxy) is 1. The minimum atomic E-state index is -0.270. The molecular weight excluding hydrogens is 398 g/mol. The van der Waals surface area contributed by atoms with Crippen molar-refractivity contribution in [3.63, 3.8) is 0 Å². The average molecular weight is 407 g/mol. The first-order chi connectivity index (χ1) is 8.16. The maximum absolute atomic E-state index is 13.3. The van der Waals surface area contributed by atoms with E-state index in [1.54, 1.807) is 6.07 Å². The molecule has 0 N–H and O–H groups in total. The van der Waals surface area contributed by atoms with Crippen molar-refractivity contribution in [1.29, 1.82) is 0 Å². The first-order valence-electron chi connectivity index (χ1n) is 4.98. The molecule has 0 bridgehead atoms. The van der Waals surface area contributed by atoms with Crippen LogP contribution in [0, 0.1) is 9.39 Å². The van der Waals surface area contributed by atoms with Crippen molar-refractivity contribution in [3.05, 3.63) is 61.9 Å². The summed E-state index contributed by atoms with van der Waals surface area (Å²) in [4.78, 5) is 0. The van der Waals surface area contributed by atoms with Gasteiger partial charge in [-0.15, -0.1) is 0 Å². The number of hydrogen-bond donors (Lipinski definition) is 0. The van der Waals surface area contributed by atoms with Crippen LogP contribution in [0.2, 0.25) is 0 Å². The summed E-state index contributed by atoms with van der Waals surface area (Å²) in [6.45, 7) is 0.346. The lowest BCUT2D eigenvalue weighted by molar-refractivity contribution is 0.304. The highest BCUT2D eigenvalue weighted by Crippen LogP contribution is 2.22. The van der Waals surface area contributed by atoms with Gasteiger partial charge in [-0.25, -0.2) is 4.39 Å². The van der Waals surface area contributed by atoms with Crippen molar-refractivity contribution >= 4 is 38.5 Å². The summed E-state index contributed by atoms with van der Waals surface area (Å²) >= 11 is 5.44. The average Bonchev–Trinajstić information content (AvgIpc) is 2.33. The van der Waals surface area contributed by atoms with Gasteiger partial charge in [0, 0.05) is 9.13 Å². The van der Waals surface area contributed by atoms with Gasteiger partial charge in [0.25, 0.3) is 0 Å². The Morgan fingerprint density at radius 3 is 2.53 bits per heavy atom. The van der Waals surface area contributed by atoms with Gasteiger partial charge in [-0.05, 0) is 68.9 Å². The van der Waals surface area contributed by atoms with Crippen LogP contribution in [0.4, 0.5) is 4.39 Å². The first kappa shape index (κ1) is 12.8. The molecule has 0 fully saturated rings. The Morgan fingerprint density at radius 2 is 1.82 bits per heavy atom. The third-order valence-corrected chi connectivity index (χ3v) is 3.85. The maximum Gasteiger partial charge on any atom is 0.137 e. The second-order valence-corrected chi connectivity index (χ2v) is 5.49. The molecule has 0 unspecified atom stereocenters. The van der Waals surface area contributed by atoms with Gasteiger partial charge in [-0.2, -0.15) is 0 Å². The van der Waals surface area contributed by atoms with Crippen LogP contribution in [0.3, 0.4) is 0 Å². The third kappa shape index (κ3) is 3.42. The molecule has 0 amide bonds. The molecule has 2 aromatic carbocycles. The van der Waals surface area contributed by atoms with Gasteiger partial charge in [-0.3, -0.25) is 0 Å². The topological polar surface area (TPSA) is 9.23 Å². The summed E-state index contributed by atoms with van der Waals surface area (Å²) in [5, 5.41) is 0. The largest absolute Gasteiger partial charge is 0.489 e. The molecule has 0 saturated carbocycles. The van der Waals surface area contributed by atoms with Crippen LogP contribution in [0.5, 0.6) is 5.75 Å². The predicted molar refractivity (Wildman–Crippen MR) is 77.6 cm³/mol. The lowest BCUT2D eigenvalue weighted by Crippen LogP contribution is -1.97. The van der Waals surface area contributed by atoms with Crippen LogP contribution in [-0.2, 0) is 6.61 Å². The smallest absolute Gasteiger partial charge is 0.137 e. The fourth-order valence-electron chi connectivity index (χ4n) is 1.35. The van der Waals surface area contributed by atoms with E-state index >= 15 is 0 Å². The Morgan fingerprint density at radius 1 is 1.12 bits per heavy atom. The molecule has 0 heterocycles. The van der Waals surface area contributed by atoms with E-state index in [-0.39, 0.29) is 5.82 Å². The van der Waals surface area contributed by atoms with Gasteiger partial charge in [0.1, 0.15) is 18.2 Å². The molecule has 0 atom stereocenters. The second-order valence-electron chi connectivity index (χ2n) is 3.46. The van der Waals surface area contributed by atoms with E-state index in [1.807, 2.05) is 30.3 Å². The molecule has 4 heteroatoms. The van der Waals surface area contributed by atoms with Gasteiger partial charge >= 0.3 is 0 Å². The molecule has 0 aliphatic rings. The normalized spacial score (nSPS) is 10.3. The van der Waals surface area contributed by atoms with Crippen LogP contribution >= 0.6 is 38.5 Å². The zero-order valence-corrected chi connectivity index (χ0v) is 12.5. The Hall–Kier alpha value is -0.620. The number of rotatable bonds is 3.